The lowest BCUT2D eigenvalue weighted by Gasteiger charge is -2.13. The van der Waals surface area contributed by atoms with Crippen molar-refractivity contribution in [3.63, 3.8) is 0 Å². The molecule has 2 aromatic rings. The van der Waals surface area contributed by atoms with Gasteiger partial charge < -0.3 is 5.32 Å². The highest BCUT2D eigenvalue weighted by atomic mass is 79.9. The number of aromatic nitrogens is 1. The second-order valence-corrected chi connectivity index (χ2v) is 5.30. The highest BCUT2D eigenvalue weighted by molar-refractivity contribution is 9.10. The Balaban J connectivity index is 2.09. The summed E-state index contributed by atoms with van der Waals surface area (Å²) in [7, 11) is 0. The van der Waals surface area contributed by atoms with Gasteiger partial charge in [0, 0.05) is 34.9 Å². The predicted molar refractivity (Wildman–Crippen MR) is 80.3 cm³/mol. The Labute approximate surface area is 125 Å². The van der Waals surface area contributed by atoms with Crippen LogP contribution < -0.4 is 5.32 Å². The fraction of sp³-hybridized carbons (Fsp3) is 0.214. The van der Waals surface area contributed by atoms with E-state index in [1.807, 2.05) is 25.1 Å². The first-order chi connectivity index (χ1) is 9.58. The molecule has 1 atom stereocenters. The fourth-order valence-electron chi connectivity index (χ4n) is 1.86. The molecule has 104 valence electrons. The Morgan fingerprint density at radius 3 is 2.85 bits per heavy atom. The Kier molecular flexibility index (Phi) is 4.81. The lowest BCUT2D eigenvalue weighted by atomic mass is 10.1. The number of nitrogens with zero attached hydrogens (tertiary/aromatic N) is 2. The Bertz CT molecular complexity index is 605. The van der Waals surface area contributed by atoms with Crippen molar-refractivity contribution in [3.05, 3.63) is 68.4 Å². The van der Waals surface area contributed by atoms with Gasteiger partial charge in [-0.1, -0.05) is 22.0 Å². The smallest absolute Gasteiger partial charge is 0.275 e. The summed E-state index contributed by atoms with van der Waals surface area (Å²) >= 11 is 3.25. The van der Waals surface area contributed by atoms with Crippen molar-refractivity contribution in [1.82, 2.24) is 10.3 Å². The molecule has 2 rings (SSSR count). The van der Waals surface area contributed by atoms with Crippen molar-refractivity contribution < 1.29 is 4.92 Å². The van der Waals surface area contributed by atoms with Gasteiger partial charge in [-0.2, -0.15) is 0 Å². The fourth-order valence-corrected chi connectivity index (χ4v) is 2.21. The van der Waals surface area contributed by atoms with Crippen LogP contribution in [0.25, 0.3) is 0 Å². The molecular formula is C14H14BrN3O2. The van der Waals surface area contributed by atoms with Crippen LogP contribution >= 0.6 is 15.9 Å². The molecule has 0 bridgehead atoms. The highest BCUT2D eigenvalue weighted by Gasteiger charge is 2.15. The maximum Gasteiger partial charge on any atom is 0.275 e. The summed E-state index contributed by atoms with van der Waals surface area (Å²) in [5.74, 6) is 0. The topological polar surface area (TPSA) is 68.1 Å². The van der Waals surface area contributed by atoms with Crippen molar-refractivity contribution in [2.45, 2.75) is 19.5 Å². The van der Waals surface area contributed by atoms with Crippen LogP contribution in [-0.4, -0.2) is 9.91 Å². The molecule has 0 spiro atoms. The molecule has 1 heterocycles. The van der Waals surface area contributed by atoms with E-state index in [2.05, 4.69) is 26.2 Å². The Hall–Kier alpha value is -1.79. The van der Waals surface area contributed by atoms with Crippen LogP contribution in [0.1, 0.15) is 24.2 Å². The molecule has 6 heteroatoms. The Morgan fingerprint density at radius 1 is 1.40 bits per heavy atom. The summed E-state index contributed by atoms with van der Waals surface area (Å²) in [5, 5.41) is 14.3. The highest BCUT2D eigenvalue weighted by Crippen LogP contribution is 2.24. The van der Waals surface area contributed by atoms with Crippen LogP contribution in [0.3, 0.4) is 0 Å². The standard InChI is InChI=1S/C14H14BrN3O2/c1-10(13-4-2-3-7-16-13)17-9-11-5-6-12(15)8-14(11)18(19)20/h2-8,10,17H,9H2,1H3. The summed E-state index contributed by atoms with van der Waals surface area (Å²) in [6.45, 7) is 2.40. The number of nitro groups is 1. The van der Waals surface area contributed by atoms with Gasteiger partial charge in [0.15, 0.2) is 0 Å². The largest absolute Gasteiger partial charge is 0.304 e. The van der Waals surface area contributed by atoms with Gasteiger partial charge >= 0.3 is 0 Å². The van der Waals surface area contributed by atoms with Gasteiger partial charge in [0.25, 0.3) is 5.69 Å². The summed E-state index contributed by atoms with van der Waals surface area (Å²) in [5.41, 5.74) is 1.67. The number of hydrogen-bond donors (Lipinski definition) is 1. The molecule has 1 aromatic heterocycles. The first-order valence-corrected chi connectivity index (χ1v) is 6.94. The van der Waals surface area contributed by atoms with Crippen LogP contribution in [0.15, 0.2) is 47.1 Å². The van der Waals surface area contributed by atoms with Crippen LogP contribution in [0.4, 0.5) is 5.69 Å². The van der Waals surface area contributed by atoms with Crippen molar-refractivity contribution >= 4 is 21.6 Å². The zero-order chi connectivity index (χ0) is 14.5. The monoisotopic (exact) mass is 335 g/mol. The second kappa shape index (κ2) is 6.58. The number of rotatable bonds is 5. The summed E-state index contributed by atoms with van der Waals surface area (Å²) in [4.78, 5) is 14.9. The van der Waals surface area contributed by atoms with Gasteiger partial charge in [-0.05, 0) is 31.2 Å². The third-order valence-corrected chi connectivity index (χ3v) is 3.47. The minimum Gasteiger partial charge on any atom is -0.304 e. The average molecular weight is 336 g/mol. The number of nitro benzene ring substituents is 1. The average Bonchev–Trinajstić information content (AvgIpc) is 2.46. The summed E-state index contributed by atoms with van der Waals surface area (Å²) < 4.78 is 0.700. The second-order valence-electron chi connectivity index (χ2n) is 4.39. The van der Waals surface area contributed by atoms with Gasteiger partial charge in [-0.3, -0.25) is 15.1 Å². The Morgan fingerprint density at radius 2 is 2.20 bits per heavy atom. The van der Waals surface area contributed by atoms with Gasteiger partial charge in [-0.25, -0.2) is 0 Å². The van der Waals surface area contributed by atoms with Gasteiger partial charge in [0.2, 0.25) is 0 Å². The molecule has 0 radical (unpaired) electrons. The van der Waals surface area contributed by atoms with E-state index in [0.717, 1.165) is 5.69 Å². The molecule has 0 amide bonds. The van der Waals surface area contributed by atoms with Crippen molar-refractivity contribution in [1.29, 1.82) is 0 Å². The van der Waals surface area contributed by atoms with E-state index in [4.69, 9.17) is 0 Å². The summed E-state index contributed by atoms with van der Waals surface area (Å²) in [6, 6.07) is 10.8. The number of halogens is 1. The third-order valence-electron chi connectivity index (χ3n) is 2.97. The molecule has 1 N–H and O–H groups in total. The van der Waals surface area contributed by atoms with Crippen LogP contribution in [0, 0.1) is 10.1 Å². The number of nitrogens with one attached hydrogen (secondary N) is 1. The molecule has 0 saturated heterocycles. The van der Waals surface area contributed by atoms with Gasteiger partial charge in [0.05, 0.1) is 10.6 Å². The van der Waals surface area contributed by atoms with E-state index in [0.29, 0.717) is 16.6 Å². The minimum atomic E-state index is -0.368. The quantitative estimate of drug-likeness (QED) is 0.669. The molecule has 0 saturated carbocycles. The normalized spacial score (nSPS) is 12.1. The van der Waals surface area contributed by atoms with Crippen molar-refractivity contribution in [2.75, 3.05) is 0 Å². The molecule has 20 heavy (non-hydrogen) atoms. The van der Waals surface area contributed by atoms with Crippen LogP contribution in [0.2, 0.25) is 0 Å². The lowest BCUT2D eigenvalue weighted by Crippen LogP contribution is -2.19. The molecule has 0 fully saturated rings. The van der Waals surface area contributed by atoms with Gasteiger partial charge in [0.1, 0.15) is 0 Å². The minimum absolute atomic E-state index is 0.0273. The number of hydrogen-bond acceptors (Lipinski definition) is 4. The molecule has 1 unspecified atom stereocenters. The molecular weight excluding hydrogens is 322 g/mol. The molecule has 0 aliphatic carbocycles. The summed E-state index contributed by atoms with van der Waals surface area (Å²) in [6.07, 6.45) is 1.73. The van der Waals surface area contributed by atoms with Crippen LogP contribution in [-0.2, 0) is 6.54 Å². The van der Waals surface area contributed by atoms with E-state index in [1.165, 1.54) is 6.07 Å². The third kappa shape index (κ3) is 3.61. The maximum atomic E-state index is 11.0. The number of pyridine rings is 1. The van der Waals surface area contributed by atoms with Crippen molar-refractivity contribution in [2.24, 2.45) is 0 Å². The van der Waals surface area contributed by atoms with Crippen LogP contribution in [0.5, 0.6) is 0 Å². The van der Waals surface area contributed by atoms with Crippen molar-refractivity contribution in [3.8, 4) is 0 Å². The maximum absolute atomic E-state index is 11.0. The molecule has 1 aromatic carbocycles. The molecule has 0 aliphatic rings. The van der Waals surface area contributed by atoms with E-state index in [1.54, 1.807) is 18.3 Å². The first kappa shape index (κ1) is 14.6. The lowest BCUT2D eigenvalue weighted by molar-refractivity contribution is -0.385. The SMILES string of the molecule is CC(NCc1ccc(Br)cc1[N+](=O)[O-])c1ccccn1. The van der Waals surface area contributed by atoms with E-state index in [-0.39, 0.29) is 16.7 Å². The van der Waals surface area contributed by atoms with E-state index >= 15 is 0 Å². The zero-order valence-electron chi connectivity index (χ0n) is 10.9. The predicted octanol–water partition coefficient (Wildman–Crippen LogP) is 3.60. The van der Waals surface area contributed by atoms with E-state index < -0.39 is 0 Å². The molecule has 0 aliphatic heterocycles. The zero-order valence-corrected chi connectivity index (χ0v) is 12.5. The van der Waals surface area contributed by atoms with E-state index in [9.17, 15) is 10.1 Å². The van der Waals surface area contributed by atoms with Gasteiger partial charge in [-0.15, -0.1) is 0 Å². The number of benzene rings is 1. The molecule has 5 nitrogen and oxygen atoms in total. The first-order valence-electron chi connectivity index (χ1n) is 6.15.